The first-order chi connectivity index (χ1) is 12.6. The molecule has 5 heteroatoms. The van der Waals surface area contributed by atoms with Gasteiger partial charge in [0.2, 0.25) is 5.78 Å². The number of unbranched alkanes of at least 4 members (excludes halogenated alkanes) is 1. The van der Waals surface area contributed by atoms with Crippen LogP contribution < -0.4 is 15.4 Å². The van der Waals surface area contributed by atoms with Crippen LogP contribution in [-0.2, 0) is 0 Å². The molecule has 136 valence electrons. The average molecular weight is 352 g/mol. The molecule has 0 radical (unpaired) electrons. The summed E-state index contributed by atoms with van der Waals surface area (Å²) >= 11 is 0. The number of para-hydroxylation sites is 1. The summed E-state index contributed by atoms with van der Waals surface area (Å²) in [5.74, 6) is 0.669. The summed E-state index contributed by atoms with van der Waals surface area (Å²) in [5, 5.41) is 6.18. The third-order valence-electron chi connectivity index (χ3n) is 4.42. The molecule has 3 rings (SSSR count). The van der Waals surface area contributed by atoms with Gasteiger partial charge in [-0.3, -0.25) is 9.59 Å². The van der Waals surface area contributed by atoms with Crippen molar-refractivity contribution in [2.75, 3.05) is 19.6 Å². The van der Waals surface area contributed by atoms with Crippen LogP contribution in [0.1, 0.15) is 39.1 Å². The minimum Gasteiger partial charge on any atom is -0.480 e. The van der Waals surface area contributed by atoms with Crippen molar-refractivity contribution in [3.63, 3.8) is 0 Å². The number of ketones is 1. The number of hydrogen-bond donors (Lipinski definition) is 2. The number of fused-ring (bicyclic) bond motifs is 1. The first-order valence-electron chi connectivity index (χ1n) is 9.00. The van der Waals surface area contributed by atoms with Crippen LogP contribution in [-0.4, -0.2) is 37.4 Å². The molecule has 1 aliphatic rings. The summed E-state index contributed by atoms with van der Waals surface area (Å²) in [6, 6.07) is 14.9. The van der Waals surface area contributed by atoms with E-state index in [0.717, 1.165) is 24.9 Å². The van der Waals surface area contributed by atoms with E-state index in [-0.39, 0.29) is 11.7 Å². The van der Waals surface area contributed by atoms with E-state index in [0.29, 0.717) is 30.0 Å². The Bertz CT molecular complexity index is 771. The Labute approximate surface area is 153 Å². The number of rotatable bonds is 8. The second kappa shape index (κ2) is 8.63. The minimum atomic E-state index is -0.436. The summed E-state index contributed by atoms with van der Waals surface area (Å²) in [6.07, 6.45) is 1.36. The summed E-state index contributed by atoms with van der Waals surface area (Å²) in [4.78, 5) is 24.2. The molecule has 5 nitrogen and oxygen atoms in total. The summed E-state index contributed by atoms with van der Waals surface area (Å²) in [7, 11) is 0. The maximum absolute atomic E-state index is 12.2. The first kappa shape index (κ1) is 18.1. The fourth-order valence-corrected chi connectivity index (χ4v) is 2.90. The van der Waals surface area contributed by atoms with Crippen LogP contribution in [0.4, 0.5) is 0 Å². The number of amides is 1. The van der Waals surface area contributed by atoms with Gasteiger partial charge in [-0.25, -0.2) is 0 Å². The number of aryl methyl sites for hydroxylation is 1. The van der Waals surface area contributed by atoms with E-state index in [9.17, 15) is 9.59 Å². The molecular formula is C21H24N2O3. The number of Topliss-reactive ketones (excluding diaryl/α,β-unsaturated/α-hetero) is 1. The zero-order chi connectivity index (χ0) is 18.4. The van der Waals surface area contributed by atoms with Crippen LogP contribution >= 0.6 is 0 Å². The normalized spacial score (nSPS) is 15.4. The SMILES string of the molecule is Cc1ccc(C(=O)NCCCCNCC2Oc3ccccc3C2=O)cc1. The molecule has 1 unspecified atom stereocenters. The molecule has 0 fully saturated rings. The van der Waals surface area contributed by atoms with E-state index in [4.69, 9.17) is 4.74 Å². The van der Waals surface area contributed by atoms with E-state index in [1.807, 2.05) is 49.4 Å². The molecule has 1 aliphatic heterocycles. The van der Waals surface area contributed by atoms with Gasteiger partial charge in [-0.15, -0.1) is 0 Å². The highest BCUT2D eigenvalue weighted by atomic mass is 16.5. The predicted molar refractivity (Wildman–Crippen MR) is 101 cm³/mol. The number of hydrogen-bond acceptors (Lipinski definition) is 4. The monoisotopic (exact) mass is 352 g/mol. The van der Waals surface area contributed by atoms with E-state index in [1.165, 1.54) is 0 Å². The van der Waals surface area contributed by atoms with Crippen molar-refractivity contribution >= 4 is 11.7 Å². The zero-order valence-corrected chi connectivity index (χ0v) is 15.0. The van der Waals surface area contributed by atoms with Crippen molar-refractivity contribution in [3.8, 4) is 5.75 Å². The van der Waals surface area contributed by atoms with E-state index < -0.39 is 6.10 Å². The van der Waals surface area contributed by atoms with Crippen molar-refractivity contribution < 1.29 is 14.3 Å². The van der Waals surface area contributed by atoms with Gasteiger partial charge in [0.05, 0.1) is 5.56 Å². The van der Waals surface area contributed by atoms with Crippen LogP contribution in [0.3, 0.4) is 0 Å². The molecule has 1 heterocycles. The highest BCUT2D eigenvalue weighted by Crippen LogP contribution is 2.27. The van der Waals surface area contributed by atoms with Crippen molar-refractivity contribution in [3.05, 3.63) is 65.2 Å². The lowest BCUT2D eigenvalue weighted by molar-refractivity contribution is 0.0856. The average Bonchev–Trinajstić information content (AvgIpc) is 2.97. The number of nitrogens with one attached hydrogen (secondary N) is 2. The molecule has 26 heavy (non-hydrogen) atoms. The molecule has 2 aromatic rings. The fraction of sp³-hybridized carbons (Fsp3) is 0.333. The zero-order valence-electron chi connectivity index (χ0n) is 15.0. The second-order valence-corrected chi connectivity index (χ2v) is 6.50. The Kier molecular flexibility index (Phi) is 6.02. The van der Waals surface area contributed by atoms with Crippen molar-refractivity contribution in [1.82, 2.24) is 10.6 Å². The molecule has 0 aliphatic carbocycles. The maximum Gasteiger partial charge on any atom is 0.251 e. The van der Waals surface area contributed by atoms with Gasteiger partial charge in [0, 0.05) is 18.7 Å². The summed E-state index contributed by atoms with van der Waals surface area (Å²) in [5.41, 5.74) is 2.49. The van der Waals surface area contributed by atoms with Gasteiger partial charge in [0.25, 0.3) is 5.91 Å². The summed E-state index contributed by atoms with van der Waals surface area (Å²) in [6.45, 7) is 3.92. The van der Waals surface area contributed by atoms with Crippen LogP contribution in [0.2, 0.25) is 0 Å². The maximum atomic E-state index is 12.2. The van der Waals surface area contributed by atoms with Crippen LogP contribution in [0.15, 0.2) is 48.5 Å². The number of carbonyl (C=O) groups is 2. The van der Waals surface area contributed by atoms with Crippen LogP contribution in [0.5, 0.6) is 5.75 Å². The van der Waals surface area contributed by atoms with Crippen molar-refractivity contribution in [1.29, 1.82) is 0 Å². The third kappa shape index (κ3) is 4.49. The Morgan fingerprint density at radius 1 is 1.04 bits per heavy atom. The molecule has 1 amide bonds. The Hall–Kier alpha value is -2.66. The summed E-state index contributed by atoms with van der Waals surface area (Å²) < 4.78 is 5.67. The van der Waals surface area contributed by atoms with Gasteiger partial charge < -0.3 is 15.4 Å². The molecule has 2 aromatic carbocycles. The largest absolute Gasteiger partial charge is 0.480 e. The lowest BCUT2D eigenvalue weighted by Gasteiger charge is -2.11. The molecule has 0 saturated heterocycles. The molecule has 0 saturated carbocycles. The highest BCUT2D eigenvalue weighted by Gasteiger charge is 2.31. The first-order valence-corrected chi connectivity index (χ1v) is 9.00. The smallest absolute Gasteiger partial charge is 0.251 e. The molecule has 1 atom stereocenters. The topological polar surface area (TPSA) is 67.4 Å². The van der Waals surface area contributed by atoms with Gasteiger partial charge in [0.15, 0.2) is 6.10 Å². The van der Waals surface area contributed by atoms with Crippen molar-refractivity contribution in [2.24, 2.45) is 0 Å². The quantitative estimate of drug-likeness (QED) is 0.717. The number of ether oxygens (including phenoxy) is 1. The second-order valence-electron chi connectivity index (χ2n) is 6.50. The number of benzene rings is 2. The van der Waals surface area contributed by atoms with Gasteiger partial charge >= 0.3 is 0 Å². The fourth-order valence-electron chi connectivity index (χ4n) is 2.90. The Morgan fingerprint density at radius 3 is 2.54 bits per heavy atom. The molecular weight excluding hydrogens is 328 g/mol. The van der Waals surface area contributed by atoms with Gasteiger partial charge in [0.1, 0.15) is 5.75 Å². The lowest BCUT2D eigenvalue weighted by atomic mass is 10.1. The van der Waals surface area contributed by atoms with E-state index in [2.05, 4.69) is 10.6 Å². The van der Waals surface area contributed by atoms with Gasteiger partial charge in [-0.1, -0.05) is 29.8 Å². The van der Waals surface area contributed by atoms with E-state index in [1.54, 1.807) is 6.07 Å². The molecule has 0 aromatic heterocycles. The number of carbonyl (C=O) groups excluding carboxylic acids is 2. The molecule has 0 bridgehead atoms. The van der Waals surface area contributed by atoms with Gasteiger partial charge in [-0.05, 0) is 50.6 Å². The Balaban J connectivity index is 1.28. The van der Waals surface area contributed by atoms with Crippen molar-refractivity contribution in [2.45, 2.75) is 25.9 Å². The molecule has 2 N–H and O–H groups in total. The lowest BCUT2D eigenvalue weighted by Crippen LogP contribution is -2.34. The standard InChI is InChI=1S/C21H24N2O3/c1-15-8-10-16(11-9-15)21(25)23-13-5-4-12-22-14-19-20(24)17-6-2-3-7-18(17)26-19/h2-3,6-11,19,22H,4-5,12-14H2,1H3,(H,23,25). The molecule has 0 spiro atoms. The predicted octanol–water partition coefficient (Wildman–Crippen LogP) is 2.74. The Morgan fingerprint density at radius 2 is 1.77 bits per heavy atom. The van der Waals surface area contributed by atoms with Crippen LogP contribution in [0.25, 0.3) is 0 Å². The van der Waals surface area contributed by atoms with E-state index >= 15 is 0 Å². The third-order valence-corrected chi connectivity index (χ3v) is 4.42. The van der Waals surface area contributed by atoms with Crippen LogP contribution in [0, 0.1) is 6.92 Å². The minimum absolute atomic E-state index is 0.0402. The van der Waals surface area contributed by atoms with Gasteiger partial charge in [-0.2, -0.15) is 0 Å². The highest BCUT2D eigenvalue weighted by molar-refractivity contribution is 6.04.